The van der Waals surface area contributed by atoms with Crippen molar-refractivity contribution in [1.29, 1.82) is 0 Å². The van der Waals surface area contributed by atoms with Crippen LogP contribution in [0.1, 0.15) is 6.30 Å². The van der Waals surface area contributed by atoms with Crippen LogP contribution in [-0.2, 0) is 16.5 Å². The molecule has 0 radical (unpaired) electrons. The van der Waals surface area contributed by atoms with E-state index < -0.39 is 10.1 Å². The summed E-state index contributed by atoms with van der Waals surface area (Å²) in [5.74, 6) is -0.187. The molecule has 0 aliphatic rings. The first-order valence-electron chi connectivity index (χ1n) is 3.05. The first kappa shape index (κ1) is 12.6. The van der Waals surface area contributed by atoms with Crippen LogP contribution in [0.5, 0.6) is 0 Å². The summed E-state index contributed by atoms with van der Waals surface area (Å²) in [6.45, 7) is 0. The zero-order valence-electron chi connectivity index (χ0n) is 7.73. The van der Waals surface area contributed by atoms with Gasteiger partial charge >= 0.3 is 29.6 Å². The summed E-state index contributed by atoms with van der Waals surface area (Å²) in [6, 6.07) is 3.69. The maximum atomic E-state index is 10.3. The first-order valence-corrected chi connectivity index (χ1v) is 5.54. The smallest absolute Gasteiger partial charge is 1.00 e. The molecule has 0 unspecified atom stereocenters. The van der Waals surface area contributed by atoms with Gasteiger partial charge in [0.15, 0.2) is 0 Å². The second kappa shape index (κ2) is 5.36. The Hall–Kier alpha value is 0.610. The Morgan fingerprint density at radius 2 is 2.25 bits per heavy atom. The van der Waals surface area contributed by atoms with Crippen LogP contribution in [-0.4, -0.2) is 18.7 Å². The van der Waals surface area contributed by atoms with E-state index in [1.54, 1.807) is 0 Å². The Morgan fingerprint density at radius 1 is 1.58 bits per heavy atom. The molecule has 0 atom stereocenters. The fourth-order valence-corrected chi connectivity index (χ4v) is 2.00. The second-order valence-corrected chi connectivity index (χ2v) is 4.72. The zero-order valence-corrected chi connectivity index (χ0v) is 10.4. The van der Waals surface area contributed by atoms with Crippen LogP contribution in [0.15, 0.2) is 17.5 Å². The normalized spacial score (nSPS) is 10.8. The summed E-state index contributed by atoms with van der Waals surface area (Å²) in [5.41, 5.74) is 0. The molecule has 0 aromatic carbocycles. The molecule has 6 heteroatoms. The molecule has 1 rings (SSSR count). The molecule has 0 saturated heterocycles. The summed E-state index contributed by atoms with van der Waals surface area (Å²) >= 11 is 1.49. The van der Waals surface area contributed by atoms with Crippen molar-refractivity contribution >= 4 is 21.5 Å². The van der Waals surface area contributed by atoms with Crippen molar-refractivity contribution in [3.05, 3.63) is 22.4 Å². The van der Waals surface area contributed by atoms with Gasteiger partial charge in [-0.1, -0.05) is 6.07 Å². The van der Waals surface area contributed by atoms with E-state index >= 15 is 0 Å². The van der Waals surface area contributed by atoms with Gasteiger partial charge in [-0.3, -0.25) is 4.55 Å². The number of rotatable bonds is 3. The van der Waals surface area contributed by atoms with Gasteiger partial charge in [0, 0.05) is 4.88 Å². The van der Waals surface area contributed by atoms with Crippen LogP contribution in [0.3, 0.4) is 0 Å². The maximum Gasteiger partial charge on any atom is 1.00 e. The molecule has 1 heterocycles. The standard InChI is InChI=1S/C6H8O3S2.Na.H/c7-11(8,9)5-3-6-2-1-4-10-6;;/h1-2,4H,3,5H2,(H,7,8,9);;/q;+1;-1. The molecule has 0 spiro atoms. The summed E-state index contributed by atoms with van der Waals surface area (Å²) in [5, 5.41) is 1.87. The molecule has 64 valence electrons. The number of aryl methyl sites for hydroxylation is 1. The number of thiophene rings is 1. The fourth-order valence-electron chi connectivity index (χ4n) is 0.684. The fraction of sp³-hybridized carbons (Fsp3) is 0.333. The summed E-state index contributed by atoms with van der Waals surface area (Å²) in [4.78, 5) is 0.975. The number of hydrogen-bond donors (Lipinski definition) is 1. The van der Waals surface area contributed by atoms with E-state index in [0.717, 1.165) is 4.88 Å². The van der Waals surface area contributed by atoms with Crippen molar-refractivity contribution in [1.82, 2.24) is 0 Å². The molecule has 0 fully saturated rings. The average molecular weight is 216 g/mol. The van der Waals surface area contributed by atoms with Crippen LogP contribution in [0.25, 0.3) is 0 Å². The predicted octanol–water partition coefficient (Wildman–Crippen LogP) is -1.71. The summed E-state index contributed by atoms with van der Waals surface area (Å²) in [6.07, 6.45) is 0.399. The van der Waals surface area contributed by atoms with Crippen molar-refractivity contribution in [2.75, 3.05) is 5.75 Å². The molecular weight excluding hydrogens is 207 g/mol. The molecule has 0 aliphatic heterocycles. The molecule has 3 nitrogen and oxygen atoms in total. The monoisotopic (exact) mass is 216 g/mol. The van der Waals surface area contributed by atoms with E-state index in [4.69, 9.17) is 4.55 Å². The molecule has 12 heavy (non-hydrogen) atoms. The van der Waals surface area contributed by atoms with E-state index in [0.29, 0.717) is 6.42 Å². The van der Waals surface area contributed by atoms with Crippen molar-refractivity contribution in [2.24, 2.45) is 0 Å². The topological polar surface area (TPSA) is 54.4 Å². The third-order valence-electron chi connectivity index (χ3n) is 1.19. The molecule has 0 bridgehead atoms. The Kier molecular flexibility index (Phi) is 5.64. The van der Waals surface area contributed by atoms with E-state index in [-0.39, 0.29) is 36.7 Å². The summed E-state index contributed by atoms with van der Waals surface area (Å²) in [7, 11) is -3.79. The second-order valence-electron chi connectivity index (χ2n) is 2.12. The van der Waals surface area contributed by atoms with E-state index in [1.165, 1.54) is 11.3 Å². The van der Waals surface area contributed by atoms with Crippen LogP contribution >= 0.6 is 11.3 Å². The van der Waals surface area contributed by atoms with Gasteiger partial charge in [-0.05, 0) is 17.9 Å². The molecule has 1 N–H and O–H groups in total. The van der Waals surface area contributed by atoms with Crippen LogP contribution in [0, 0.1) is 0 Å². The first-order chi connectivity index (χ1) is 5.08. The van der Waals surface area contributed by atoms with E-state index in [9.17, 15) is 8.42 Å². The van der Waals surface area contributed by atoms with Crippen LogP contribution < -0.4 is 29.6 Å². The zero-order chi connectivity index (χ0) is 8.32. The van der Waals surface area contributed by atoms with Crippen LogP contribution in [0.4, 0.5) is 0 Å². The average Bonchev–Trinajstić information content (AvgIpc) is 2.32. The number of hydrogen-bond acceptors (Lipinski definition) is 3. The summed E-state index contributed by atoms with van der Waals surface area (Å²) < 4.78 is 29.0. The largest absolute Gasteiger partial charge is 1.00 e. The van der Waals surface area contributed by atoms with Gasteiger partial charge in [0.2, 0.25) is 0 Å². The van der Waals surface area contributed by atoms with E-state index in [1.807, 2.05) is 17.5 Å². The maximum absolute atomic E-state index is 10.3. The molecule has 0 saturated carbocycles. The minimum absolute atomic E-state index is 0. The van der Waals surface area contributed by atoms with Gasteiger partial charge in [0.05, 0.1) is 5.75 Å². The van der Waals surface area contributed by atoms with E-state index in [2.05, 4.69) is 0 Å². The Morgan fingerprint density at radius 3 is 2.67 bits per heavy atom. The Balaban J connectivity index is 0. The van der Waals surface area contributed by atoms with Gasteiger partial charge < -0.3 is 1.43 Å². The SMILES string of the molecule is O=S(=O)(O)CCc1cccs1.[H-].[Na+]. The van der Waals surface area contributed by atoms with Crippen molar-refractivity contribution < 1.29 is 44.0 Å². The minimum Gasteiger partial charge on any atom is -1.00 e. The molecule has 0 aliphatic carbocycles. The van der Waals surface area contributed by atoms with Gasteiger partial charge in [0.25, 0.3) is 10.1 Å². The van der Waals surface area contributed by atoms with Gasteiger partial charge in [-0.2, -0.15) is 8.42 Å². The third kappa shape index (κ3) is 5.29. The van der Waals surface area contributed by atoms with Gasteiger partial charge in [-0.25, -0.2) is 0 Å². The van der Waals surface area contributed by atoms with Gasteiger partial charge in [-0.15, -0.1) is 11.3 Å². The molecule has 1 aromatic heterocycles. The van der Waals surface area contributed by atoms with Crippen molar-refractivity contribution in [2.45, 2.75) is 6.42 Å². The minimum atomic E-state index is -3.79. The predicted molar refractivity (Wildman–Crippen MR) is 45.6 cm³/mol. The quantitative estimate of drug-likeness (QED) is 0.484. The molecule has 0 amide bonds. The van der Waals surface area contributed by atoms with Crippen LogP contribution in [0.2, 0.25) is 0 Å². The Labute approximate surface area is 99.3 Å². The third-order valence-corrected chi connectivity index (χ3v) is 2.84. The van der Waals surface area contributed by atoms with Gasteiger partial charge in [0.1, 0.15) is 0 Å². The Bertz CT molecular complexity index is 309. The molecule has 1 aromatic rings. The van der Waals surface area contributed by atoms with Crippen molar-refractivity contribution in [3.8, 4) is 0 Å². The molecular formula is C6H9NaO3S2. The van der Waals surface area contributed by atoms with Crippen molar-refractivity contribution in [3.63, 3.8) is 0 Å².